The second-order valence-electron chi connectivity index (χ2n) is 6.61. The van der Waals surface area contributed by atoms with Crippen LogP contribution >= 0.6 is 0 Å². The van der Waals surface area contributed by atoms with Gasteiger partial charge < -0.3 is 15.0 Å². The number of amides is 2. The molecule has 2 bridgehead atoms. The van der Waals surface area contributed by atoms with Crippen molar-refractivity contribution >= 4 is 12.3 Å². The van der Waals surface area contributed by atoms with Gasteiger partial charge in [-0.3, -0.25) is 0 Å². The minimum absolute atomic E-state index is 0.0449. The Balaban J connectivity index is 1.90. The summed E-state index contributed by atoms with van der Waals surface area (Å²) < 4.78 is 0. The van der Waals surface area contributed by atoms with E-state index in [-0.39, 0.29) is 12.1 Å². The highest BCUT2D eigenvalue weighted by molar-refractivity contribution is 5.78. The van der Waals surface area contributed by atoms with Crippen LogP contribution in [-0.4, -0.2) is 36.3 Å². The van der Waals surface area contributed by atoms with Gasteiger partial charge in [-0.1, -0.05) is 13.8 Å². The van der Waals surface area contributed by atoms with Gasteiger partial charge in [-0.15, -0.1) is 0 Å². The number of aldehydes is 1. The molecular weight excluding hydrogens is 240 g/mol. The highest BCUT2D eigenvalue weighted by Crippen LogP contribution is 2.33. The van der Waals surface area contributed by atoms with Gasteiger partial charge in [0.1, 0.15) is 6.29 Å². The first kappa shape index (κ1) is 14.4. The molecule has 2 aliphatic heterocycles. The lowest BCUT2D eigenvalue weighted by atomic mass is 9.84. The van der Waals surface area contributed by atoms with Gasteiger partial charge in [-0.25, -0.2) is 4.79 Å². The Morgan fingerprint density at radius 2 is 1.74 bits per heavy atom. The van der Waals surface area contributed by atoms with Crippen LogP contribution in [0.1, 0.15) is 46.0 Å². The average Bonchev–Trinajstić information content (AvgIpc) is 2.70. The van der Waals surface area contributed by atoms with Gasteiger partial charge in [0, 0.05) is 13.1 Å². The molecule has 0 aromatic carbocycles. The van der Waals surface area contributed by atoms with E-state index in [0.29, 0.717) is 17.8 Å². The lowest BCUT2D eigenvalue weighted by Gasteiger charge is -2.25. The largest absolute Gasteiger partial charge is 0.328 e. The number of hydrogen-bond donors (Lipinski definition) is 1. The fraction of sp³-hybridized carbons (Fsp3) is 0.867. The predicted molar refractivity (Wildman–Crippen MR) is 74.9 cm³/mol. The molecular formula is C15H26N2O2. The Morgan fingerprint density at radius 3 is 2.16 bits per heavy atom. The molecule has 1 atom stereocenters. The van der Waals surface area contributed by atoms with E-state index >= 15 is 0 Å². The third kappa shape index (κ3) is 3.95. The second-order valence-corrected chi connectivity index (χ2v) is 6.61. The van der Waals surface area contributed by atoms with Crippen molar-refractivity contribution in [1.82, 2.24) is 10.2 Å². The number of rotatable bonds is 4. The minimum atomic E-state index is -0.339. The van der Waals surface area contributed by atoms with Crippen LogP contribution in [0.5, 0.6) is 0 Å². The molecule has 0 aromatic heterocycles. The van der Waals surface area contributed by atoms with Crippen molar-refractivity contribution in [3.63, 3.8) is 0 Å². The van der Waals surface area contributed by atoms with Crippen LogP contribution in [0.15, 0.2) is 0 Å². The Kier molecular flexibility index (Phi) is 4.83. The van der Waals surface area contributed by atoms with Gasteiger partial charge in [0.15, 0.2) is 0 Å². The highest BCUT2D eigenvalue weighted by atomic mass is 16.2. The van der Waals surface area contributed by atoms with E-state index in [1.807, 2.05) is 4.90 Å². The molecule has 0 radical (unpaired) electrons. The molecule has 3 fully saturated rings. The van der Waals surface area contributed by atoms with E-state index in [1.54, 1.807) is 0 Å². The molecule has 1 aliphatic carbocycles. The molecule has 1 saturated carbocycles. The Morgan fingerprint density at radius 1 is 1.21 bits per heavy atom. The summed E-state index contributed by atoms with van der Waals surface area (Å²) in [6.45, 7) is 5.87. The van der Waals surface area contributed by atoms with Gasteiger partial charge in [-0.05, 0) is 49.9 Å². The van der Waals surface area contributed by atoms with E-state index < -0.39 is 0 Å². The number of hydrogen-bond acceptors (Lipinski definition) is 2. The molecule has 0 spiro atoms. The third-order valence-corrected chi connectivity index (χ3v) is 4.41. The maximum absolute atomic E-state index is 12.3. The maximum Gasteiger partial charge on any atom is 0.317 e. The van der Waals surface area contributed by atoms with E-state index in [4.69, 9.17) is 0 Å². The van der Waals surface area contributed by atoms with Crippen LogP contribution in [0, 0.1) is 17.8 Å². The fourth-order valence-electron chi connectivity index (χ4n) is 3.37. The molecule has 108 valence electrons. The quantitative estimate of drug-likeness (QED) is 0.794. The minimum Gasteiger partial charge on any atom is -0.328 e. The van der Waals surface area contributed by atoms with Gasteiger partial charge in [-0.2, -0.15) is 0 Å². The van der Waals surface area contributed by atoms with Crippen LogP contribution in [0.3, 0.4) is 0 Å². The molecule has 0 aromatic rings. The molecule has 2 heterocycles. The summed E-state index contributed by atoms with van der Waals surface area (Å²) in [5, 5.41) is 2.88. The molecule has 3 rings (SSSR count). The third-order valence-electron chi connectivity index (χ3n) is 4.41. The molecule has 1 N–H and O–H groups in total. The SMILES string of the molecule is CC(C)C[C@@H](C=O)NC(=O)N1CC2CCC(CC2)C1. The fourth-order valence-corrected chi connectivity index (χ4v) is 3.37. The Bertz CT molecular complexity index is 308. The standard InChI is InChI=1S/C15H26N2O2/c1-11(2)7-14(10-18)16-15(19)17-8-12-3-4-13(9-17)6-5-12/h10-14H,3-9H2,1-2H3,(H,16,19)/t12?,13?,14-/m0/s1. The van der Waals surface area contributed by atoms with Crippen LogP contribution < -0.4 is 5.32 Å². The van der Waals surface area contributed by atoms with Gasteiger partial charge in [0.05, 0.1) is 6.04 Å². The molecule has 0 unspecified atom stereocenters. The summed E-state index contributed by atoms with van der Waals surface area (Å²) in [5.41, 5.74) is 0. The van der Waals surface area contributed by atoms with Crippen molar-refractivity contribution in [2.75, 3.05) is 13.1 Å². The average molecular weight is 266 g/mol. The number of carbonyl (C=O) groups excluding carboxylic acids is 2. The molecule has 4 nitrogen and oxygen atoms in total. The first-order chi connectivity index (χ1) is 9.08. The van der Waals surface area contributed by atoms with Crippen molar-refractivity contribution in [3.8, 4) is 0 Å². The molecule has 3 aliphatic rings. The number of urea groups is 1. The molecule has 19 heavy (non-hydrogen) atoms. The summed E-state index contributed by atoms with van der Waals surface area (Å²) in [4.78, 5) is 25.2. The smallest absolute Gasteiger partial charge is 0.317 e. The summed E-state index contributed by atoms with van der Waals surface area (Å²) in [6, 6.07) is -0.384. The van der Waals surface area contributed by atoms with Gasteiger partial charge in [0.25, 0.3) is 0 Å². The number of fused-ring (bicyclic) bond motifs is 4. The second kappa shape index (κ2) is 6.40. The zero-order valence-corrected chi connectivity index (χ0v) is 12.1. The van der Waals surface area contributed by atoms with Crippen molar-refractivity contribution < 1.29 is 9.59 Å². The van der Waals surface area contributed by atoms with Crippen molar-refractivity contribution in [3.05, 3.63) is 0 Å². The maximum atomic E-state index is 12.3. The number of nitrogens with one attached hydrogen (secondary N) is 1. The normalized spacial score (nSPS) is 28.1. The van der Waals surface area contributed by atoms with Gasteiger partial charge >= 0.3 is 6.03 Å². The van der Waals surface area contributed by atoms with Crippen LogP contribution in [0.2, 0.25) is 0 Å². The summed E-state index contributed by atoms with van der Waals surface area (Å²) in [6.07, 6.45) is 6.63. The Hall–Kier alpha value is -1.06. The van der Waals surface area contributed by atoms with Crippen LogP contribution in [0.4, 0.5) is 4.79 Å². The Labute approximate surface area is 115 Å². The van der Waals surface area contributed by atoms with Crippen molar-refractivity contribution in [2.24, 2.45) is 17.8 Å². The van der Waals surface area contributed by atoms with Crippen molar-refractivity contribution in [2.45, 2.75) is 52.0 Å². The summed E-state index contributed by atoms with van der Waals surface area (Å²) in [5.74, 6) is 1.75. The van der Waals surface area contributed by atoms with Crippen LogP contribution in [-0.2, 0) is 4.79 Å². The lowest BCUT2D eigenvalue weighted by Crippen LogP contribution is -2.47. The predicted octanol–water partition coefficient (Wildman–Crippen LogP) is 2.43. The molecule has 2 saturated heterocycles. The first-order valence-electron chi connectivity index (χ1n) is 7.59. The van der Waals surface area contributed by atoms with Crippen molar-refractivity contribution in [1.29, 1.82) is 0 Å². The van der Waals surface area contributed by atoms with E-state index in [0.717, 1.165) is 25.8 Å². The highest BCUT2D eigenvalue weighted by Gasteiger charge is 2.32. The van der Waals surface area contributed by atoms with E-state index in [9.17, 15) is 9.59 Å². The summed E-state index contributed by atoms with van der Waals surface area (Å²) >= 11 is 0. The lowest BCUT2D eigenvalue weighted by molar-refractivity contribution is -0.109. The molecule has 4 heteroatoms. The number of nitrogens with zero attached hydrogens (tertiary/aromatic N) is 1. The van der Waals surface area contributed by atoms with Crippen LogP contribution in [0.25, 0.3) is 0 Å². The van der Waals surface area contributed by atoms with Gasteiger partial charge in [0.2, 0.25) is 0 Å². The number of carbonyl (C=O) groups is 2. The van der Waals surface area contributed by atoms with E-state index in [2.05, 4.69) is 19.2 Å². The zero-order valence-electron chi connectivity index (χ0n) is 12.1. The zero-order chi connectivity index (χ0) is 13.8. The molecule has 2 amide bonds. The topological polar surface area (TPSA) is 49.4 Å². The van der Waals surface area contributed by atoms with E-state index in [1.165, 1.54) is 25.7 Å². The summed E-state index contributed by atoms with van der Waals surface area (Å²) in [7, 11) is 0. The monoisotopic (exact) mass is 266 g/mol. The first-order valence-corrected chi connectivity index (χ1v) is 7.59.